The van der Waals surface area contributed by atoms with Gasteiger partial charge in [-0.1, -0.05) is 17.7 Å². The van der Waals surface area contributed by atoms with Crippen LogP contribution >= 0.6 is 0 Å². The highest BCUT2D eigenvalue weighted by atomic mass is 19.4. The topological polar surface area (TPSA) is 23.5 Å². The van der Waals surface area contributed by atoms with Crippen molar-refractivity contribution in [3.05, 3.63) is 29.3 Å². The van der Waals surface area contributed by atoms with Crippen LogP contribution in [0.1, 0.15) is 11.1 Å². The first-order valence-corrected chi connectivity index (χ1v) is 4.82. The normalized spacial score (nSPS) is 12.1. The summed E-state index contributed by atoms with van der Waals surface area (Å²) in [6.45, 7) is 0.917. The lowest BCUT2D eigenvalue weighted by molar-refractivity contribution is -0.144. The number of halogens is 3. The standard InChI is InChI=1S/C11H14F3NO/c1-8-3-4-10(16)9(5-8)6-15(2)7-11(12,13)14/h3-5,16H,6-7H2,1-2H3. The Kier molecular flexibility index (Phi) is 3.80. The molecule has 1 N–H and O–H groups in total. The van der Waals surface area contributed by atoms with E-state index in [1.54, 1.807) is 12.1 Å². The van der Waals surface area contributed by atoms with Crippen LogP contribution in [0.15, 0.2) is 18.2 Å². The van der Waals surface area contributed by atoms with Crippen LogP contribution in [0, 0.1) is 6.92 Å². The molecule has 0 bridgehead atoms. The van der Waals surface area contributed by atoms with E-state index in [1.165, 1.54) is 13.1 Å². The number of hydrogen-bond donors (Lipinski definition) is 1. The molecule has 0 fully saturated rings. The van der Waals surface area contributed by atoms with Gasteiger partial charge in [0.1, 0.15) is 5.75 Å². The zero-order valence-corrected chi connectivity index (χ0v) is 9.17. The van der Waals surface area contributed by atoms with Gasteiger partial charge in [0.15, 0.2) is 0 Å². The smallest absolute Gasteiger partial charge is 0.401 e. The third-order valence-corrected chi connectivity index (χ3v) is 2.12. The van der Waals surface area contributed by atoms with Crippen LogP contribution in [0.5, 0.6) is 5.75 Å². The summed E-state index contributed by atoms with van der Waals surface area (Å²) in [5.74, 6) is 0.0274. The van der Waals surface area contributed by atoms with Gasteiger partial charge in [-0.05, 0) is 20.0 Å². The molecular weight excluding hydrogens is 219 g/mol. The molecular formula is C11H14F3NO. The van der Waals surface area contributed by atoms with Crippen LogP contribution < -0.4 is 0 Å². The van der Waals surface area contributed by atoms with E-state index in [0.29, 0.717) is 5.56 Å². The molecule has 1 rings (SSSR count). The molecule has 2 nitrogen and oxygen atoms in total. The molecule has 5 heteroatoms. The molecule has 1 aromatic carbocycles. The average molecular weight is 233 g/mol. The zero-order chi connectivity index (χ0) is 12.3. The molecule has 0 aliphatic carbocycles. The quantitative estimate of drug-likeness (QED) is 0.867. The monoisotopic (exact) mass is 233 g/mol. The highest BCUT2D eigenvalue weighted by Gasteiger charge is 2.29. The van der Waals surface area contributed by atoms with Gasteiger partial charge in [0, 0.05) is 12.1 Å². The summed E-state index contributed by atoms with van der Waals surface area (Å²) < 4.78 is 36.3. The Morgan fingerprint density at radius 2 is 1.94 bits per heavy atom. The number of rotatable bonds is 3. The highest BCUT2D eigenvalue weighted by molar-refractivity contribution is 5.35. The SMILES string of the molecule is Cc1ccc(O)c(CN(C)CC(F)(F)F)c1. The van der Waals surface area contributed by atoms with Crippen LogP contribution in [-0.2, 0) is 6.54 Å². The first-order valence-electron chi connectivity index (χ1n) is 4.82. The van der Waals surface area contributed by atoms with E-state index >= 15 is 0 Å². The molecule has 90 valence electrons. The van der Waals surface area contributed by atoms with E-state index in [0.717, 1.165) is 10.5 Å². The van der Waals surface area contributed by atoms with Crippen LogP contribution in [0.3, 0.4) is 0 Å². The van der Waals surface area contributed by atoms with Gasteiger partial charge < -0.3 is 5.11 Å². The Morgan fingerprint density at radius 1 is 1.31 bits per heavy atom. The Bertz CT molecular complexity index is 363. The van der Waals surface area contributed by atoms with Gasteiger partial charge >= 0.3 is 6.18 Å². The second-order valence-corrected chi connectivity index (χ2v) is 3.92. The largest absolute Gasteiger partial charge is 0.508 e. The van der Waals surface area contributed by atoms with Crippen molar-refractivity contribution < 1.29 is 18.3 Å². The summed E-state index contributed by atoms with van der Waals surface area (Å²) >= 11 is 0. The van der Waals surface area contributed by atoms with Gasteiger partial charge in [0.05, 0.1) is 6.54 Å². The predicted molar refractivity (Wildman–Crippen MR) is 55.2 cm³/mol. The molecule has 0 radical (unpaired) electrons. The van der Waals surface area contributed by atoms with E-state index in [1.807, 2.05) is 6.92 Å². The van der Waals surface area contributed by atoms with Crippen LogP contribution in [0.2, 0.25) is 0 Å². The van der Waals surface area contributed by atoms with Crippen LogP contribution in [0.25, 0.3) is 0 Å². The number of benzene rings is 1. The molecule has 1 aromatic rings. The van der Waals surface area contributed by atoms with E-state index in [9.17, 15) is 18.3 Å². The maximum atomic E-state index is 12.1. The van der Waals surface area contributed by atoms with Crippen molar-refractivity contribution in [2.45, 2.75) is 19.6 Å². The first kappa shape index (κ1) is 12.8. The molecule has 0 heterocycles. The molecule has 0 aliphatic rings. The molecule has 0 saturated carbocycles. The number of phenolic OH excluding ortho intramolecular Hbond substituents is 1. The lowest BCUT2D eigenvalue weighted by Gasteiger charge is -2.19. The van der Waals surface area contributed by atoms with Gasteiger partial charge in [-0.3, -0.25) is 4.90 Å². The summed E-state index contributed by atoms with van der Waals surface area (Å²) in [6.07, 6.45) is -4.21. The second-order valence-electron chi connectivity index (χ2n) is 3.92. The first-order chi connectivity index (χ1) is 7.28. The lowest BCUT2D eigenvalue weighted by atomic mass is 10.1. The number of aromatic hydroxyl groups is 1. The number of hydrogen-bond acceptors (Lipinski definition) is 2. The van der Waals surface area contributed by atoms with Crippen molar-refractivity contribution in [3.8, 4) is 5.75 Å². The molecule has 0 spiro atoms. The third-order valence-electron chi connectivity index (χ3n) is 2.12. The van der Waals surface area contributed by atoms with Gasteiger partial charge in [-0.15, -0.1) is 0 Å². The Hall–Kier alpha value is -1.23. The fourth-order valence-electron chi connectivity index (χ4n) is 1.49. The van der Waals surface area contributed by atoms with E-state index in [2.05, 4.69) is 0 Å². The predicted octanol–water partition coefficient (Wildman–Crippen LogP) is 2.69. The molecule has 0 aromatic heterocycles. The fourth-order valence-corrected chi connectivity index (χ4v) is 1.49. The molecule has 0 amide bonds. The van der Waals surface area contributed by atoms with Crippen molar-refractivity contribution in [1.82, 2.24) is 4.90 Å². The van der Waals surface area contributed by atoms with Gasteiger partial charge in [-0.2, -0.15) is 13.2 Å². The molecule has 0 atom stereocenters. The lowest BCUT2D eigenvalue weighted by Crippen LogP contribution is -2.30. The maximum Gasteiger partial charge on any atom is 0.401 e. The average Bonchev–Trinajstić information content (AvgIpc) is 2.08. The molecule has 0 saturated heterocycles. The minimum atomic E-state index is -4.21. The van der Waals surface area contributed by atoms with E-state index < -0.39 is 12.7 Å². The number of aryl methyl sites for hydroxylation is 1. The van der Waals surface area contributed by atoms with E-state index in [-0.39, 0.29) is 12.3 Å². The summed E-state index contributed by atoms with van der Waals surface area (Å²) in [5, 5.41) is 9.47. The number of phenols is 1. The minimum Gasteiger partial charge on any atom is -0.508 e. The van der Waals surface area contributed by atoms with E-state index in [4.69, 9.17) is 0 Å². The van der Waals surface area contributed by atoms with Crippen LogP contribution in [-0.4, -0.2) is 29.8 Å². The summed E-state index contributed by atoms with van der Waals surface area (Å²) in [4.78, 5) is 1.12. The van der Waals surface area contributed by atoms with Crippen LogP contribution in [0.4, 0.5) is 13.2 Å². The fraction of sp³-hybridized carbons (Fsp3) is 0.455. The van der Waals surface area contributed by atoms with Crippen molar-refractivity contribution in [2.75, 3.05) is 13.6 Å². The summed E-state index contributed by atoms with van der Waals surface area (Å²) in [7, 11) is 1.37. The molecule has 0 aliphatic heterocycles. The maximum absolute atomic E-state index is 12.1. The zero-order valence-electron chi connectivity index (χ0n) is 9.17. The minimum absolute atomic E-state index is 0.0274. The van der Waals surface area contributed by atoms with Crippen molar-refractivity contribution in [1.29, 1.82) is 0 Å². The Balaban J connectivity index is 2.69. The second kappa shape index (κ2) is 4.74. The Labute approximate surface area is 92.3 Å². The highest BCUT2D eigenvalue weighted by Crippen LogP contribution is 2.22. The molecule has 16 heavy (non-hydrogen) atoms. The Morgan fingerprint density at radius 3 is 2.50 bits per heavy atom. The number of nitrogens with zero attached hydrogens (tertiary/aromatic N) is 1. The number of alkyl halides is 3. The third kappa shape index (κ3) is 4.10. The van der Waals surface area contributed by atoms with Crippen molar-refractivity contribution in [3.63, 3.8) is 0 Å². The summed E-state index contributed by atoms with van der Waals surface area (Å²) in [6, 6.07) is 4.89. The van der Waals surface area contributed by atoms with Crippen molar-refractivity contribution in [2.24, 2.45) is 0 Å². The van der Waals surface area contributed by atoms with Gasteiger partial charge in [-0.25, -0.2) is 0 Å². The molecule has 0 unspecified atom stereocenters. The van der Waals surface area contributed by atoms with Gasteiger partial charge in [0.25, 0.3) is 0 Å². The van der Waals surface area contributed by atoms with Crippen molar-refractivity contribution >= 4 is 0 Å². The van der Waals surface area contributed by atoms with Gasteiger partial charge in [0.2, 0.25) is 0 Å². The summed E-state index contributed by atoms with van der Waals surface area (Å²) in [5.41, 5.74) is 1.42.